The zero-order chi connectivity index (χ0) is 18.8. The molecule has 0 radical (unpaired) electrons. The molecule has 0 N–H and O–H groups in total. The molecule has 3 aromatic rings. The summed E-state index contributed by atoms with van der Waals surface area (Å²) in [6, 6.07) is 12.4. The fourth-order valence-corrected chi connectivity index (χ4v) is 4.45. The van der Waals surface area contributed by atoms with Gasteiger partial charge in [0.25, 0.3) is 5.91 Å². The van der Waals surface area contributed by atoms with Gasteiger partial charge in [0, 0.05) is 35.6 Å². The van der Waals surface area contributed by atoms with E-state index in [2.05, 4.69) is 4.98 Å². The lowest BCUT2D eigenvalue weighted by Crippen LogP contribution is -2.39. The van der Waals surface area contributed by atoms with E-state index in [4.69, 9.17) is 0 Å². The van der Waals surface area contributed by atoms with Crippen LogP contribution in [-0.4, -0.2) is 28.9 Å². The van der Waals surface area contributed by atoms with Gasteiger partial charge in [-0.05, 0) is 49.2 Å². The highest BCUT2D eigenvalue weighted by Gasteiger charge is 2.28. The Labute approximate surface area is 160 Å². The van der Waals surface area contributed by atoms with Crippen molar-refractivity contribution >= 4 is 17.2 Å². The van der Waals surface area contributed by atoms with Crippen molar-refractivity contribution in [1.29, 1.82) is 0 Å². The summed E-state index contributed by atoms with van der Waals surface area (Å²) in [5, 5.41) is 0.836. The first kappa shape index (κ1) is 17.8. The van der Waals surface area contributed by atoms with Crippen LogP contribution in [-0.2, 0) is 0 Å². The van der Waals surface area contributed by atoms with Crippen LogP contribution in [0.1, 0.15) is 34.0 Å². The first-order chi connectivity index (χ1) is 13.1. The van der Waals surface area contributed by atoms with Gasteiger partial charge in [-0.1, -0.05) is 12.1 Å². The minimum absolute atomic E-state index is 0.120. The molecule has 0 bridgehead atoms. The maximum absolute atomic E-state index is 14.0. The monoisotopic (exact) mass is 384 g/mol. The molecule has 0 saturated carbocycles. The zero-order valence-corrected chi connectivity index (χ0v) is 15.4. The molecular formula is C21H18F2N2OS. The molecule has 6 heteroatoms. The fourth-order valence-electron chi connectivity index (χ4n) is 3.40. The molecule has 1 amide bonds. The molecule has 2 heterocycles. The van der Waals surface area contributed by atoms with E-state index in [9.17, 15) is 13.6 Å². The van der Waals surface area contributed by atoms with Crippen LogP contribution in [0.4, 0.5) is 8.78 Å². The van der Waals surface area contributed by atoms with Gasteiger partial charge in [0.15, 0.2) is 0 Å². The smallest absolute Gasteiger partial charge is 0.256 e. The summed E-state index contributed by atoms with van der Waals surface area (Å²) in [6.07, 6.45) is 3.67. The van der Waals surface area contributed by atoms with Crippen molar-refractivity contribution in [2.75, 3.05) is 13.1 Å². The van der Waals surface area contributed by atoms with Crippen molar-refractivity contribution in [2.24, 2.45) is 0 Å². The maximum Gasteiger partial charge on any atom is 0.256 e. The SMILES string of the molecule is O=C(c1ccccc1F)N1CCCC(c2cnc(-c3ccc(F)cc3)s2)C1. The standard InChI is InChI=1S/C21H18F2N2OS/c22-16-9-7-14(8-10-16)20-24-12-19(27-20)15-4-3-11-25(13-15)21(26)17-5-1-2-6-18(17)23/h1-2,5-10,12,15H,3-4,11,13H2. The second kappa shape index (κ2) is 7.56. The van der Waals surface area contributed by atoms with Crippen LogP contribution in [0.2, 0.25) is 0 Å². The van der Waals surface area contributed by atoms with Gasteiger partial charge in [0.1, 0.15) is 16.6 Å². The average molecular weight is 384 g/mol. The summed E-state index contributed by atoms with van der Waals surface area (Å²) >= 11 is 1.57. The molecule has 1 aromatic heterocycles. The fraction of sp³-hybridized carbons (Fsp3) is 0.238. The maximum atomic E-state index is 14.0. The van der Waals surface area contributed by atoms with Gasteiger partial charge in [-0.15, -0.1) is 11.3 Å². The van der Waals surface area contributed by atoms with Gasteiger partial charge < -0.3 is 4.90 Å². The molecular weight excluding hydrogens is 366 g/mol. The van der Waals surface area contributed by atoms with E-state index in [1.807, 2.05) is 6.20 Å². The van der Waals surface area contributed by atoms with E-state index in [1.165, 1.54) is 24.3 Å². The number of rotatable bonds is 3. The highest BCUT2D eigenvalue weighted by atomic mass is 32.1. The third-order valence-electron chi connectivity index (χ3n) is 4.83. The topological polar surface area (TPSA) is 33.2 Å². The van der Waals surface area contributed by atoms with Gasteiger partial charge in [-0.25, -0.2) is 13.8 Å². The van der Waals surface area contributed by atoms with E-state index in [0.29, 0.717) is 13.1 Å². The third-order valence-corrected chi connectivity index (χ3v) is 6.04. The molecule has 3 nitrogen and oxygen atoms in total. The average Bonchev–Trinajstić information content (AvgIpc) is 3.19. The van der Waals surface area contributed by atoms with Crippen LogP contribution < -0.4 is 0 Å². The highest BCUT2D eigenvalue weighted by molar-refractivity contribution is 7.15. The Morgan fingerprint density at radius 2 is 1.89 bits per heavy atom. The van der Waals surface area contributed by atoms with Crippen LogP contribution in [0.5, 0.6) is 0 Å². The molecule has 138 valence electrons. The van der Waals surface area contributed by atoms with Gasteiger partial charge in [0.2, 0.25) is 0 Å². The number of carbonyl (C=O) groups is 1. The lowest BCUT2D eigenvalue weighted by atomic mass is 9.96. The van der Waals surface area contributed by atoms with Crippen molar-refractivity contribution in [3.05, 3.63) is 76.8 Å². The minimum atomic E-state index is -0.485. The van der Waals surface area contributed by atoms with Crippen LogP contribution >= 0.6 is 11.3 Å². The van der Waals surface area contributed by atoms with Crippen molar-refractivity contribution in [2.45, 2.75) is 18.8 Å². The molecule has 0 aliphatic carbocycles. The normalized spacial score (nSPS) is 17.1. The summed E-state index contributed by atoms with van der Waals surface area (Å²) < 4.78 is 27.1. The van der Waals surface area contributed by atoms with Crippen LogP contribution in [0.3, 0.4) is 0 Å². The number of carbonyl (C=O) groups excluding carboxylic acids is 1. The predicted molar refractivity (Wildman–Crippen MR) is 102 cm³/mol. The molecule has 1 fully saturated rings. The van der Waals surface area contributed by atoms with Crippen molar-refractivity contribution < 1.29 is 13.6 Å². The number of nitrogens with zero attached hydrogens (tertiary/aromatic N) is 2. The molecule has 2 aromatic carbocycles. The van der Waals surface area contributed by atoms with Crippen molar-refractivity contribution in [3.63, 3.8) is 0 Å². The van der Waals surface area contributed by atoms with E-state index in [0.717, 1.165) is 28.3 Å². The predicted octanol–water partition coefficient (Wildman–Crippen LogP) is 5.11. The molecule has 1 saturated heterocycles. The third kappa shape index (κ3) is 3.76. The highest BCUT2D eigenvalue weighted by Crippen LogP contribution is 2.34. The number of benzene rings is 2. The molecule has 1 aliphatic rings. The zero-order valence-electron chi connectivity index (χ0n) is 14.6. The Bertz CT molecular complexity index is 955. The summed E-state index contributed by atoms with van der Waals surface area (Å²) in [5.74, 6) is -0.839. The largest absolute Gasteiger partial charge is 0.338 e. The Morgan fingerprint density at radius 1 is 1.11 bits per heavy atom. The number of likely N-dealkylation sites (tertiary alicyclic amines) is 1. The lowest BCUT2D eigenvalue weighted by Gasteiger charge is -2.32. The van der Waals surface area contributed by atoms with E-state index >= 15 is 0 Å². The minimum Gasteiger partial charge on any atom is -0.338 e. The van der Waals surface area contributed by atoms with Crippen LogP contribution in [0.25, 0.3) is 10.6 Å². The summed E-state index contributed by atoms with van der Waals surface area (Å²) in [5.41, 5.74) is 0.997. The summed E-state index contributed by atoms with van der Waals surface area (Å²) in [6.45, 7) is 1.19. The summed E-state index contributed by atoms with van der Waals surface area (Å²) in [4.78, 5) is 20.0. The molecule has 1 aliphatic heterocycles. The van der Waals surface area contributed by atoms with Gasteiger partial charge in [-0.3, -0.25) is 4.79 Å². The van der Waals surface area contributed by atoms with Crippen molar-refractivity contribution in [1.82, 2.24) is 9.88 Å². The molecule has 1 atom stereocenters. The Hall–Kier alpha value is -2.60. The number of aromatic nitrogens is 1. The van der Waals surface area contributed by atoms with Gasteiger partial charge in [0.05, 0.1) is 5.56 Å². The number of hydrogen-bond donors (Lipinski definition) is 0. The number of amides is 1. The van der Waals surface area contributed by atoms with E-state index < -0.39 is 5.82 Å². The second-order valence-corrected chi connectivity index (χ2v) is 7.71. The second-order valence-electron chi connectivity index (χ2n) is 6.64. The van der Waals surface area contributed by atoms with Gasteiger partial charge in [-0.2, -0.15) is 0 Å². The number of hydrogen-bond acceptors (Lipinski definition) is 3. The number of thiazole rings is 1. The van der Waals surface area contributed by atoms with Crippen LogP contribution in [0, 0.1) is 11.6 Å². The summed E-state index contributed by atoms with van der Waals surface area (Å²) in [7, 11) is 0. The number of piperidine rings is 1. The first-order valence-corrected chi connectivity index (χ1v) is 9.69. The van der Waals surface area contributed by atoms with Crippen LogP contribution in [0.15, 0.2) is 54.7 Å². The Kier molecular flexibility index (Phi) is 4.99. The van der Waals surface area contributed by atoms with Crippen molar-refractivity contribution in [3.8, 4) is 10.6 Å². The lowest BCUT2D eigenvalue weighted by molar-refractivity contribution is 0.0703. The molecule has 1 unspecified atom stereocenters. The first-order valence-electron chi connectivity index (χ1n) is 8.87. The molecule has 27 heavy (non-hydrogen) atoms. The van der Waals surface area contributed by atoms with E-state index in [1.54, 1.807) is 40.5 Å². The Morgan fingerprint density at radius 3 is 2.67 bits per heavy atom. The number of halogens is 2. The molecule has 4 rings (SSSR count). The van der Waals surface area contributed by atoms with E-state index in [-0.39, 0.29) is 23.2 Å². The molecule has 0 spiro atoms. The quantitative estimate of drug-likeness (QED) is 0.629. The van der Waals surface area contributed by atoms with Gasteiger partial charge >= 0.3 is 0 Å². The Balaban J connectivity index is 1.51.